The Morgan fingerprint density at radius 1 is 1.29 bits per heavy atom. The largest absolute Gasteiger partial charge is 0.573 e. The lowest BCUT2D eigenvalue weighted by atomic mass is 10.0. The first kappa shape index (κ1) is 15.8. The second-order valence-electron chi connectivity index (χ2n) is 4.53. The van der Waals surface area contributed by atoms with E-state index in [1.165, 1.54) is 12.1 Å². The van der Waals surface area contributed by atoms with Crippen LogP contribution in [0, 0.1) is 6.92 Å². The molecule has 3 nitrogen and oxygen atoms in total. The Morgan fingerprint density at radius 2 is 1.95 bits per heavy atom. The Labute approximate surface area is 124 Å². The fourth-order valence-electron chi connectivity index (χ4n) is 1.96. The van der Waals surface area contributed by atoms with Crippen molar-refractivity contribution in [3.63, 3.8) is 0 Å². The third kappa shape index (κ3) is 4.71. The molecule has 2 rings (SSSR count). The SMILES string of the molecule is CNC(Cc1ccc(OC(F)(F)F)cc1)c1csc(C)n1. The van der Waals surface area contributed by atoms with Gasteiger partial charge in [-0.15, -0.1) is 24.5 Å². The van der Waals surface area contributed by atoms with E-state index in [2.05, 4.69) is 15.0 Å². The quantitative estimate of drug-likeness (QED) is 0.910. The molecule has 0 amide bonds. The minimum atomic E-state index is -4.66. The molecule has 1 aromatic carbocycles. The maximum absolute atomic E-state index is 12.1. The van der Waals surface area contributed by atoms with E-state index in [0.717, 1.165) is 16.3 Å². The molecule has 0 fully saturated rings. The third-order valence-electron chi connectivity index (χ3n) is 2.94. The summed E-state index contributed by atoms with van der Waals surface area (Å²) in [5, 5.41) is 6.14. The van der Waals surface area contributed by atoms with E-state index in [1.54, 1.807) is 23.5 Å². The Hall–Kier alpha value is -1.60. The summed E-state index contributed by atoms with van der Waals surface area (Å²) in [5.74, 6) is -0.211. The van der Waals surface area contributed by atoms with Gasteiger partial charge in [-0.05, 0) is 38.1 Å². The Bertz CT molecular complexity index is 581. The van der Waals surface area contributed by atoms with Crippen molar-refractivity contribution in [2.24, 2.45) is 0 Å². The molecule has 0 saturated heterocycles. The zero-order chi connectivity index (χ0) is 15.5. The summed E-state index contributed by atoms with van der Waals surface area (Å²) in [7, 11) is 1.83. The van der Waals surface area contributed by atoms with Gasteiger partial charge in [0.05, 0.1) is 16.7 Å². The minimum absolute atomic E-state index is 0.0318. The van der Waals surface area contributed by atoms with Crippen LogP contribution in [0.1, 0.15) is 22.3 Å². The topological polar surface area (TPSA) is 34.1 Å². The average Bonchev–Trinajstić information content (AvgIpc) is 2.82. The number of rotatable bonds is 5. The highest BCUT2D eigenvalue weighted by molar-refractivity contribution is 7.09. The molecule has 1 aromatic heterocycles. The molecular weight excluding hydrogens is 301 g/mol. The summed E-state index contributed by atoms with van der Waals surface area (Å²) in [6, 6.07) is 5.93. The highest BCUT2D eigenvalue weighted by Crippen LogP contribution is 2.25. The van der Waals surface area contributed by atoms with Crippen LogP contribution < -0.4 is 10.1 Å². The van der Waals surface area contributed by atoms with Gasteiger partial charge in [-0.1, -0.05) is 12.1 Å². The van der Waals surface area contributed by atoms with Crippen LogP contribution in [0.5, 0.6) is 5.75 Å². The molecule has 0 bridgehead atoms. The second-order valence-corrected chi connectivity index (χ2v) is 5.59. The number of nitrogens with zero attached hydrogens (tertiary/aromatic N) is 1. The molecule has 1 heterocycles. The highest BCUT2D eigenvalue weighted by atomic mass is 32.1. The maximum atomic E-state index is 12.1. The number of halogens is 3. The molecule has 114 valence electrons. The Kier molecular flexibility index (Phi) is 4.84. The predicted molar refractivity (Wildman–Crippen MR) is 75.5 cm³/mol. The van der Waals surface area contributed by atoms with Crippen molar-refractivity contribution in [3.05, 3.63) is 45.9 Å². The number of likely N-dealkylation sites (N-methyl/N-ethyl adjacent to an activating group) is 1. The normalized spacial score (nSPS) is 13.2. The molecule has 7 heteroatoms. The zero-order valence-corrected chi connectivity index (χ0v) is 12.4. The standard InChI is InChI=1S/C14H15F3N2OS/c1-9-19-13(8-21-9)12(18-2)7-10-3-5-11(6-4-10)20-14(15,16)17/h3-6,8,12,18H,7H2,1-2H3. The number of ether oxygens (including phenoxy) is 1. The van der Waals surface area contributed by atoms with Gasteiger partial charge in [-0.2, -0.15) is 0 Å². The predicted octanol–water partition coefficient (Wildman–Crippen LogP) is 3.85. The molecule has 0 radical (unpaired) electrons. The molecule has 0 spiro atoms. The van der Waals surface area contributed by atoms with Crippen LogP contribution in [0.2, 0.25) is 0 Å². The first-order valence-corrected chi connectivity index (χ1v) is 7.19. The smallest absolute Gasteiger partial charge is 0.406 e. The third-order valence-corrected chi connectivity index (χ3v) is 3.73. The first-order chi connectivity index (χ1) is 9.87. The summed E-state index contributed by atoms with van der Waals surface area (Å²) in [5.41, 5.74) is 1.85. The molecule has 0 aliphatic heterocycles. The van der Waals surface area contributed by atoms with Crippen molar-refractivity contribution >= 4 is 11.3 Å². The van der Waals surface area contributed by atoms with Crippen molar-refractivity contribution in [1.29, 1.82) is 0 Å². The fourth-order valence-corrected chi connectivity index (χ4v) is 2.62. The van der Waals surface area contributed by atoms with Crippen molar-refractivity contribution in [2.75, 3.05) is 7.05 Å². The van der Waals surface area contributed by atoms with Gasteiger partial charge in [0.1, 0.15) is 5.75 Å². The zero-order valence-electron chi connectivity index (χ0n) is 11.6. The second kappa shape index (κ2) is 6.44. The molecule has 1 unspecified atom stereocenters. The Balaban J connectivity index is 2.05. The maximum Gasteiger partial charge on any atom is 0.573 e. The van der Waals surface area contributed by atoms with E-state index in [4.69, 9.17) is 0 Å². The van der Waals surface area contributed by atoms with Crippen LogP contribution in [0.15, 0.2) is 29.6 Å². The van der Waals surface area contributed by atoms with Crippen molar-refractivity contribution < 1.29 is 17.9 Å². The van der Waals surface area contributed by atoms with E-state index in [-0.39, 0.29) is 11.8 Å². The number of aromatic nitrogens is 1. The van der Waals surface area contributed by atoms with Gasteiger partial charge in [-0.25, -0.2) is 4.98 Å². The number of nitrogens with one attached hydrogen (secondary N) is 1. The van der Waals surface area contributed by atoms with Gasteiger partial charge in [0, 0.05) is 5.38 Å². The lowest BCUT2D eigenvalue weighted by Gasteiger charge is -2.14. The monoisotopic (exact) mass is 316 g/mol. The molecule has 0 aliphatic rings. The number of hydrogen-bond acceptors (Lipinski definition) is 4. The lowest BCUT2D eigenvalue weighted by molar-refractivity contribution is -0.274. The van der Waals surface area contributed by atoms with Gasteiger partial charge >= 0.3 is 6.36 Å². The number of alkyl halides is 3. The summed E-state index contributed by atoms with van der Waals surface area (Å²) < 4.78 is 40.1. The van der Waals surface area contributed by atoms with Gasteiger partial charge in [0.2, 0.25) is 0 Å². The van der Waals surface area contributed by atoms with E-state index in [0.29, 0.717) is 6.42 Å². The highest BCUT2D eigenvalue weighted by Gasteiger charge is 2.30. The van der Waals surface area contributed by atoms with Crippen molar-refractivity contribution in [3.8, 4) is 5.75 Å². The summed E-state index contributed by atoms with van der Waals surface area (Å²) >= 11 is 1.57. The number of thiazole rings is 1. The molecule has 0 saturated carbocycles. The van der Waals surface area contributed by atoms with Gasteiger partial charge < -0.3 is 10.1 Å². The summed E-state index contributed by atoms with van der Waals surface area (Å²) in [6.45, 7) is 1.93. The van der Waals surface area contributed by atoms with Gasteiger partial charge in [0.15, 0.2) is 0 Å². The van der Waals surface area contributed by atoms with Crippen LogP contribution in [0.4, 0.5) is 13.2 Å². The van der Waals surface area contributed by atoms with Crippen LogP contribution in [0.25, 0.3) is 0 Å². The van der Waals surface area contributed by atoms with Gasteiger partial charge in [-0.3, -0.25) is 0 Å². The lowest BCUT2D eigenvalue weighted by Crippen LogP contribution is -2.19. The molecule has 2 aromatic rings. The fraction of sp³-hybridized carbons (Fsp3) is 0.357. The number of benzene rings is 1. The van der Waals surface area contributed by atoms with Crippen molar-refractivity contribution in [2.45, 2.75) is 25.7 Å². The molecule has 21 heavy (non-hydrogen) atoms. The minimum Gasteiger partial charge on any atom is -0.406 e. The van der Waals surface area contributed by atoms with E-state index in [9.17, 15) is 13.2 Å². The van der Waals surface area contributed by atoms with E-state index >= 15 is 0 Å². The molecule has 1 atom stereocenters. The van der Waals surface area contributed by atoms with Crippen LogP contribution in [0.3, 0.4) is 0 Å². The van der Waals surface area contributed by atoms with E-state index in [1.807, 2.05) is 19.4 Å². The number of aryl methyl sites for hydroxylation is 1. The molecule has 0 aliphatic carbocycles. The van der Waals surface area contributed by atoms with Crippen LogP contribution in [-0.4, -0.2) is 18.4 Å². The first-order valence-electron chi connectivity index (χ1n) is 6.31. The summed E-state index contributed by atoms with van der Waals surface area (Å²) in [6.07, 6.45) is -4.01. The van der Waals surface area contributed by atoms with E-state index < -0.39 is 6.36 Å². The average molecular weight is 316 g/mol. The molecular formula is C14H15F3N2OS. The van der Waals surface area contributed by atoms with Crippen LogP contribution >= 0.6 is 11.3 Å². The molecule has 1 N–H and O–H groups in total. The number of hydrogen-bond donors (Lipinski definition) is 1. The summed E-state index contributed by atoms with van der Waals surface area (Å²) in [4.78, 5) is 4.43. The van der Waals surface area contributed by atoms with Crippen LogP contribution in [-0.2, 0) is 6.42 Å². The van der Waals surface area contributed by atoms with Gasteiger partial charge in [0.25, 0.3) is 0 Å². The van der Waals surface area contributed by atoms with Crippen molar-refractivity contribution in [1.82, 2.24) is 10.3 Å². The Morgan fingerprint density at radius 3 is 2.43 bits per heavy atom.